The molecule has 0 saturated carbocycles. The molecule has 1 aromatic carbocycles. The second kappa shape index (κ2) is 6.11. The highest BCUT2D eigenvalue weighted by atomic mass is 35.5. The average molecular weight is 318 g/mol. The summed E-state index contributed by atoms with van der Waals surface area (Å²) in [6, 6.07) is 2.75. The first-order valence-electron chi connectivity index (χ1n) is 4.71. The highest BCUT2D eigenvalue weighted by Crippen LogP contribution is 2.32. The summed E-state index contributed by atoms with van der Waals surface area (Å²) >= 11 is 17.4. The van der Waals surface area contributed by atoms with Crippen LogP contribution in [0.25, 0.3) is 0 Å². The van der Waals surface area contributed by atoms with Crippen molar-refractivity contribution in [1.82, 2.24) is 0 Å². The monoisotopic (exact) mass is 316 g/mol. The SMILES string of the molecule is NCCCS(=O)(=O)Nc1cc(Cl)c(Cl)cc1Cl. The van der Waals surface area contributed by atoms with E-state index < -0.39 is 10.0 Å². The molecule has 0 saturated heterocycles. The van der Waals surface area contributed by atoms with Crippen molar-refractivity contribution < 1.29 is 8.42 Å². The van der Waals surface area contributed by atoms with Crippen molar-refractivity contribution in [2.75, 3.05) is 17.0 Å². The first-order chi connectivity index (χ1) is 7.85. The molecule has 0 aromatic heterocycles. The molecule has 0 fully saturated rings. The summed E-state index contributed by atoms with van der Waals surface area (Å²) in [7, 11) is -3.47. The standard InChI is InChI=1S/C9H11Cl3N2O2S/c10-6-4-8(12)9(5-7(6)11)14-17(15,16)3-1-2-13/h4-5,14H,1-3,13H2. The molecule has 1 aromatic rings. The van der Waals surface area contributed by atoms with Crippen LogP contribution < -0.4 is 10.5 Å². The van der Waals surface area contributed by atoms with Crippen LogP contribution in [0.3, 0.4) is 0 Å². The van der Waals surface area contributed by atoms with Crippen molar-refractivity contribution in [2.45, 2.75) is 6.42 Å². The predicted octanol–water partition coefficient (Wildman–Crippen LogP) is 2.74. The molecule has 0 aliphatic rings. The quantitative estimate of drug-likeness (QED) is 0.820. The van der Waals surface area contributed by atoms with E-state index in [0.29, 0.717) is 13.0 Å². The number of rotatable bonds is 5. The lowest BCUT2D eigenvalue weighted by Gasteiger charge is -2.10. The van der Waals surface area contributed by atoms with E-state index in [1.165, 1.54) is 12.1 Å². The number of benzene rings is 1. The van der Waals surface area contributed by atoms with Crippen LogP contribution in [0.1, 0.15) is 6.42 Å². The molecular formula is C9H11Cl3N2O2S. The fourth-order valence-corrected chi connectivity index (χ4v) is 2.90. The van der Waals surface area contributed by atoms with E-state index in [9.17, 15) is 8.42 Å². The maximum absolute atomic E-state index is 11.6. The maximum Gasteiger partial charge on any atom is 0.232 e. The van der Waals surface area contributed by atoms with Gasteiger partial charge in [-0.25, -0.2) is 8.42 Å². The lowest BCUT2D eigenvalue weighted by Crippen LogP contribution is -2.19. The number of halogens is 3. The van der Waals surface area contributed by atoms with Crippen molar-refractivity contribution in [2.24, 2.45) is 5.73 Å². The van der Waals surface area contributed by atoms with Crippen molar-refractivity contribution in [3.05, 3.63) is 27.2 Å². The van der Waals surface area contributed by atoms with Gasteiger partial charge in [0.1, 0.15) is 0 Å². The molecule has 0 radical (unpaired) electrons. The van der Waals surface area contributed by atoms with Gasteiger partial charge in [0.15, 0.2) is 0 Å². The molecular weight excluding hydrogens is 307 g/mol. The number of nitrogens with one attached hydrogen (secondary N) is 1. The van der Waals surface area contributed by atoms with E-state index in [1.54, 1.807) is 0 Å². The highest BCUT2D eigenvalue weighted by Gasteiger charge is 2.13. The molecule has 0 atom stereocenters. The van der Waals surface area contributed by atoms with Gasteiger partial charge in [-0.15, -0.1) is 0 Å². The van der Waals surface area contributed by atoms with Crippen LogP contribution in [0.15, 0.2) is 12.1 Å². The third-order valence-corrected chi connectivity index (χ3v) is 4.28. The smallest absolute Gasteiger partial charge is 0.232 e. The number of hydrogen-bond acceptors (Lipinski definition) is 3. The van der Waals surface area contributed by atoms with Crippen LogP contribution in [0.5, 0.6) is 0 Å². The molecule has 17 heavy (non-hydrogen) atoms. The Bertz CT molecular complexity index is 505. The Hall–Kier alpha value is -0.200. The molecule has 0 unspecified atom stereocenters. The first-order valence-corrected chi connectivity index (χ1v) is 7.49. The second-order valence-electron chi connectivity index (χ2n) is 3.31. The van der Waals surface area contributed by atoms with Crippen LogP contribution in [0.2, 0.25) is 15.1 Å². The Kier molecular flexibility index (Phi) is 5.34. The van der Waals surface area contributed by atoms with E-state index in [-0.39, 0.29) is 26.5 Å². The Balaban J connectivity index is 2.92. The number of anilines is 1. The lowest BCUT2D eigenvalue weighted by molar-refractivity contribution is 0.599. The molecule has 8 heteroatoms. The number of nitrogens with two attached hydrogens (primary N) is 1. The average Bonchev–Trinajstić information content (AvgIpc) is 2.23. The third-order valence-electron chi connectivity index (χ3n) is 1.89. The zero-order chi connectivity index (χ0) is 13.1. The van der Waals surface area contributed by atoms with E-state index in [0.717, 1.165) is 0 Å². The fourth-order valence-electron chi connectivity index (χ4n) is 1.09. The topological polar surface area (TPSA) is 72.2 Å². The molecule has 0 amide bonds. The predicted molar refractivity (Wildman–Crippen MR) is 72.6 cm³/mol. The summed E-state index contributed by atoms with van der Waals surface area (Å²) in [5.41, 5.74) is 5.45. The van der Waals surface area contributed by atoms with Crippen molar-refractivity contribution in [1.29, 1.82) is 0 Å². The lowest BCUT2D eigenvalue weighted by atomic mass is 10.3. The number of sulfonamides is 1. The van der Waals surface area contributed by atoms with Crippen molar-refractivity contribution >= 4 is 50.5 Å². The van der Waals surface area contributed by atoms with Crippen molar-refractivity contribution in [3.8, 4) is 0 Å². The van der Waals surface area contributed by atoms with Gasteiger partial charge >= 0.3 is 0 Å². The van der Waals surface area contributed by atoms with Crippen LogP contribution in [0, 0.1) is 0 Å². The summed E-state index contributed by atoms with van der Waals surface area (Å²) in [5, 5.41) is 0.685. The molecule has 0 aliphatic carbocycles. The zero-order valence-electron chi connectivity index (χ0n) is 8.71. The highest BCUT2D eigenvalue weighted by molar-refractivity contribution is 7.92. The van der Waals surface area contributed by atoms with Gasteiger partial charge in [-0.1, -0.05) is 34.8 Å². The second-order valence-corrected chi connectivity index (χ2v) is 6.37. The van der Waals surface area contributed by atoms with E-state index in [4.69, 9.17) is 40.5 Å². The van der Waals surface area contributed by atoms with Gasteiger partial charge in [0, 0.05) is 0 Å². The molecule has 0 heterocycles. The molecule has 0 spiro atoms. The Morgan fingerprint density at radius 1 is 1.12 bits per heavy atom. The van der Waals surface area contributed by atoms with E-state index in [2.05, 4.69) is 4.72 Å². The van der Waals surface area contributed by atoms with Gasteiger partial charge < -0.3 is 5.73 Å². The minimum absolute atomic E-state index is 0.0694. The molecule has 3 N–H and O–H groups in total. The van der Waals surface area contributed by atoms with Gasteiger partial charge in [-0.05, 0) is 25.1 Å². The molecule has 1 rings (SSSR count). The fraction of sp³-hybridized carbons (Fsp3) is 0.333. The van der Waals surface area contributed by atoms with Crippen LogP contribution >= 0.6 is 34.8 Å². The third kappa shape index (κ3) is 4.52. The summed E-state index contributed by atoms with van der Waals surface area (Å²) in [5.74, 6) is -0.0694. The minimum Gasteiger partial charge on any atom is -0.330 e. The van der Waals surface area contributed by atoms with Gasteiger partial charge in [0.2, 0.25) is 10.0 Å². The van der Waals surface area contributed by atoms with Crippen LogP contribution in [-0.4, -0.2) is 20.7 Å². The molecule has 0 bridgehead atoms. The molecule has 96 valence electrons. The van der Waals surface area contributed by atoms with Gasteiger partial charge in [0.05, 0.1) is 26.5 Å². The van der Waals surface area contributed by atoms with E-state index >= 15 is 0 Å². The largest absolute Gasteiger partial charge is 0.330 e. The summed E-state index contributed by atoms with van der Waals surface area (Å²) in [6.45, 7) is 0.302. The zero-order valence-corrected chi connectivity index (χ0v) is 11.8. The summed E-state index contributed by atoms with van der Waals surface area (Å²) in [4.78, 5) is 0. The minimum atomic E-state index is -3.47. The summed E-state index contributed by atoms with van der Waals surface area (Å²) in [6.07, 6.45) is 0.369. The molecule has 4 nitrogen and oxygen atoms in total. The van der Waals surface area contributed by atoms with Crippen LogP contribution in [0.4, 0.5) is 5.69 Å². The molecule has 0 aliphatic heterocycles. The first kappa shape index (κ1) is 14.9. The normalized spacial score (nSPS) is 11.5. The Morgan fingerprint density at radius 3 is 2.29 bits per heavy atom. The summed E-state index contributed by atoms with van der Waals surface area (Å²) < 4.78 is 25.5. The van der Waals surface area contributed by atoms with Gasteiger partial charge in [-0.3, -0.25) is 4.72 Å². The maximum atomic E-state index is 11.6. The Morgan fingerprint density at radius 2 is 1.71 bits per heavy atom. The number of hydrogen-bond donors (Lipinski definition) is 2. The van der Waals surface area contributed by atoms with Crippen molar-refractivity contribution in [3.63, 3.8) is 0 Å². The van der Waals surface area contributed by atoms with Gasteiger partial charge in [0.25, 0.3) is 0 Å². The van der Waals surface area contributed by atoms with E-state index in [1.807, 2.05) is 0 Å². The van der Waals surface area contributed by atoms with Gasteiger partial charge in [-0.2, -0.15) is 0 Å². The Labute approximate surface area is 115 Å². The van der Waals surface area contributed by atoms with Crippen LogP contribution in [-0.2, 0) is 10.0 Å².